The van der Waals surface area contributed by atoms with Crippen LogP contribution < -0.4 is 0 Å². The monoisotopic (exact) mass is 381 g/mol. The molecule has 7 heteroatoms. The second kappa shape index (κ2) is 7.27. The van der Waals surface area contributed by atoms with Crippen molar-refractivity contribution < 1.29 is 0 Å². The van der Waals surface area contributed by atoms with Gasteiger partial charge in [-0.2, -0.15) is 10.3 Å². The summed E-state index contributed by atoms with van der Waals surface area (Å²) < 4.78 is 1.92. The maximum absolute atomic E-state index is 4.62. The molecule has 3 heterocycles. The smallest absolute Gasteiger partial charge is 0.205 e. The topological polar surface area (TPSA) is 84.7 Å². The summed E-state index contributed by atoms with van der Waals surface area (Å²) in [5.74, 6) is 0.592. The fourth-order valence-corrected chi connectivity index (χ4v) is 3.56. The molecular formula is C22H19N7. The Labute approximate surface area is 167 Å². The molecule has 29 heavy (non-hydrogen) atoms. The van der Waals surface area contributed by atoms with Crippen LogP contribution in [0.15, 0.2) is 66.9 Å². The number of aryl methyl sites for hydroxylation is 1. The number of hydrogen-bond donors (Lipinski definition) is 1. The summed E-state index contributed by atoms with van der Waals surface area (Å²) in [6, 6.07) is 20.7. The lowest BCUT2D eigenvalue weighted by Gasteiger charge is -2.10. The number of aromatic nitrogens is 7. The Morgan fingerprint density at radius 3 is 2.55 bits per heavy atom. The molecule has 0 amide bonds. The molecule has 0 spiro atoms. The highest BCUT2D eigenvalue weighted by Gasteiger charge is 2.11. The number of nitrogens with zero attached hydrogens (tertiary/aromatic N) is 6. The van der Waals surface area contributed by atoms with Gasteiger partial charge < -0.3 is 0 Å². The molecule has 0 atom stereocenters. The molecule has 0 aliphatic rings. The van der Waals surface area contributed by atoms with Crippen LogP contribution in [0.5, 0.6) is 0 Å². The quantitative estimate of drug-likeness (QED) is 0.501. The number of tetrazole rings is 1. The van der Waals surface area contributed by atoms with Crippen LogP contribution in [0.2, 0.25) is 0 Å². The molecule has 0 unspecified atom stereocenters. The summed E-state index contributed by atoms with van der Waals surface area (Å²) >= 11 is 0. The zero-order valence-corrected chi connectivity index (χ0v) is 15.9. The maximum atomic E-state index is 4.62. The van der Waals surface area contributed by atoms with Crippen LogP contribution >= 0.6 is 0 Å². The SMILES string of the molecule is CCc1cc(Cc2ccc(-c3ccccc3-c3nn[nH]n3)cc2)n2nccc2n1. The highest BCUT2D eigenvalue weighted by molar-refractivity contribution is 5.80. The molecule has 7 nitrogen and oxygen atoms in total. The standard InChI is InChI=1S/C22H19N7/c1-2-17-14-18(29-21(24-17)11-12-23-29)13-15-7-9-16(10-8-15)19-5-3-4-6-20(19)22-25-27-28-26-22/h3-12,14H,2,13H2,1H3,(H,25,26,27,28). The van der Waals surface area contributed by atoms with E-state index in [1.807, 2.05) is 28.8 Å². The second-order valence-electron chi connectivity index (χ2n) is 6.85. The van der Waals surface area contributed by atoms with Crippen LogP contribution in [0.25, 0.3) is 28.2 Å². The lowest BCUT2D eigenvalue weighted by atomic mass is 9.97. The van der Waals surface area contributed by atoms with Gasteiger partial charge in [0.2, 0.25) is 5.82 Å². The third kappa shape index (κ3) is 3.27. The van der Waals surface area contributed by atoms with Gasteiger partial charge in [0.1, 0.15) is 0 Å². The second-order valence-corrected chi connectivity index (χ2v) is 6.85. The fraction of sp³-hybridized carbons (Fsp3) is 0.136. The average Bonchev–Trinajstić information content (AvgIpc) is 3.46. The first-order chi connectivity index (χ1) is 14.3. The molecule has 2 aromatic carbocycles. The minimum absolute atomic E-state index is 0.592. The summed E-state index contributed by atoms with van der Waals surface area (Å²) in [6.07, 6.45) is 3.49. The molecular weight excluding hydrogens is 362 g/mol. The van der Waals surface area contributed by atoms with Crippen molar-refractivity contribution in [2.45, 2.75) is 19.8 Å². The van der Waals surface area contributed by atoms with Crippen LogP contribution in [-0.4, -0.2) is 35.2 Å². The van der Waals surface area contributed by atoms with Crippen molar-refractivity contribution in [1.82, 2.24) is 35.2 Å². The Bertz CT molecular complexity index is 1250. The van der Waals surface area contributed by atoms with Crippen LogP contribution in [0.4, 0.5) is 0 Å². The summed E-state index contributed by atoms with van der Waals surface area (Å²) in [5.41, 5.74) is 7.47. The van der Waals surface area contributed by atoms with Crippen LogP contribution in [0.1, 0.15) is 23.9 Å². The summed E-state index contributed by atoms with van der Waals surface area (Å²) in [7, 11) is 0. The van der Waals surface area contributed by atoms with Crippen LogP contribution in [0, 0.1) is 0 Å². The molecule has 0 aliphatic heterocycles. The lowest BCUT2D eigenvalue weighted by Crippen LogP contribution is -2.04. The molecule has 142 valence electrons. The number of benzene rings is 2. The minimum atomic E-state index is 0.592. The van der Waals surface area contributed by atoms with Crippen molar-refractivity contribution in [3.05, 3.63) is 83.8 Å². The van der Waals surface area contributed by atoms with Gasteiger partial charge in [-0.15, -0.1) is 10.2 Å². The van der Waals surface area contributed by atoms with Gasteiger partial charge in [-0.05, 0) is 34.4 Å². The van der Waals surface area contributed by atoms with E-state index < -0.39 is 0 Å². The van der Waals surface area contributed by atoms with E-state index in [1.165, 1.54) is 5.56 Å². The van der Waals surface area contributed by atoms with E-state index in [9.17, 15) is 0 Å². The molecule has 0 aliphatic carbocycles. The van der Waals surface area contributed by atoms with E-state index in [0.29, 0.717) is 5.82 Å². The summed E-state index contributed by atoms with van der Waals surface area (Å²) in [5, 5.41) is 18.9. The fourth-order valence-electron chi connectivity index (χ4n) is 3.56. The van der Waals surface area contributed by atoms with Crippen LogP contribution in [0.3, 0.4) is 0 Å². The normalized spacial score (nSPS) is 11.2. The van der Waals surface area contributed by atoms with Gasteiger partial charge in [0.25, 0.3) is 0 Å². The number of hydrogen-bond acceptors (Lipinski definition) is 5. The number of rotatable bonds is 5. The predicted molar refractivity (Wildman–Crippen MR) is 110 cm³/mol. The Morgan fingerprint density at radius 2 is 1.79 bits per heavy atom. The van der Waals surface area contributed by atoms with Crippen molar-refractivity contribution in [3.63, 3.8) is 0 Å². The number of H-pyrrole nitrogens is 1. The van der Waals surface area contributed by atoms with Gasteiger partial charge >= 0.3 is 0 Å². The summed E-state index contributed by atoms with van der Waals surface area (Å²) in [6.45, 7) is 2.12. The maximum Gasteiger partial charge on any atom is 0.205 e. The molecule has 3 aromatic heterocycles. The lowest BCUT2D eigenvalue weighted by molar-refractivity contribution is 0.844. The molecule has 0 saturated heterocycles. The van der Waals surface area contributed by atoms with E-state index in [4.69, 9.17) is 0 Å². The van der Waals surface area contributed by atoms with Gasteiger partial charge in [-0.1, -0.05) is 55.5 Å². The van der Waals surface area contributed by atoms with Crippen molar-refractivity contribution in [2.75, 3.05) is 0 Å². The van der Waals surface area contributed by atoms with Crippen molar-refractivity contribution in [1.29, 1.82) is 0 Å². The van der Waals surface area contributed by atoms with Gasteiger partial charge in [0, 0.05) is 23.7 Å². The van der Waals surface area contributed by atoms with E-state index >= 15 is 0 Å². The molecule has 0 saturated carbocycles. The molecule has 5 rings (SSSR count). The average molecular weight is 381 g/mol. The van der Waals surface area contributed by atoms with Gasteiger partial charge in [-0.25, -0.2) is 9.50 Å². The van der Waals surface area contributed by atoms with Gasteiger partial charge in [0.15, 0.2) is 5.65 Å². The first-order valence-electron chi connectivity index (χ1n) is 9.56. The zero-order chi connectivity index (χ0) is 19.6. The Balaban J connectivity index is 1.48. The van der Waals surface area contributed by atoms with Crippen LogP contribution in [-0.2, 0) is 12.8 Å². The Kier molecular flexibility index (Phi) is 4.32. The van der Waals surface area contributed by atoms with Crippen molar-refractivity contribution >= 4 is 5.65 Å². The molecule has 1 N–H and O–H groups in total. The van der Waals surface area contributed by atoms with E-state index in [0.717, 1.165) is 46.6 Å². The van der Waals surface area contributed by atoms with Crippen molar-refractivity contribution in [2.24, 2.45) is 0 Å². The Morgan fingerprint density at radius 1 is 0.966 bits per heavy atom. The largest absolute Gasteiger partial charge is 0.234 e. The number of aromatic amines is 1. The van der Waals surface area contributed by atoms with E-state index in [1.54, 1.807) is 6.20 Å². The highest BCUT2D eigenvalue weighted by Crippen LogP contribution is 2.30. The van der Waals surface area contributed by atoms with E-state index in [-0.39, 0.29) is 0 Å². The third-order valence-corrected chi connectivity index (χ3v) is 5.01. The highest BCUT2D eigenvalue weighted by atomic mass is 15.5. The predicted octanol–water partition coefficient (Wildman–Crippen LogP) is 3.73. The van der Waals surface area contributed by atoms with E-state index in [2.05, 4.69) is 74.0 Å². The third-order valence-electron chi connectivity index (χ3n) is 5.01. The molecule has 5 aromatic rings. The molecule has 0 radical (unpaired) electrons. The number of nitrogens with one attached hydrogen (secondary N) is 1. The minimum Gasteiger partial charge on any atom is -0.234 e. The van der Waals surface area contributed by atoms with Gasteiger partial charge in [0.05, 0.1) is 11.9 Å². The molecule has 0 fully saturated rings. The molecule has 0 bridgehead atoms. The number of fused-ring (bicyclic) bond motifs is 1. The first-order valence-corrected chi connectivity index (χ1v) is 9.56. The summed E-state index contributed by atoms with van der Waals surface area (Å²) in [4.78, 5) is 4.62. The van der Waals surface area contributed by atoms with Crippen molar-refractivity contribution in [3.8, 4) is 22.5 Å². The first kappa shape index (κ1) is 17.2. The zero-order valence-electron chi connectivity index (χ0n) is 15.9. The van der Waals surface area contributed by atoms with Gasteiger partial charge in [-0.3, -0.25) is 0 Å². The Hall–Kier alpha value is -3.87.